The van der Waals surface area contributed by atoms with Gasteiger partial charge in [0.05, 0.1) is 84.8 Å². The molecule has 64 heavy (non-hydrogen) atoms. The van der Waals surface area contributed by atoms with Gasteiger partial charge in [-0.15, -0.1) is 9.59 Å². The van der Waals surface area contributed by atoms with E-state index in [1.54, 1.807) is 59.2 Å². The molecule has 10 rings (SSSR count). The van der Waals surface area contributed by atoms with Crippen molar-refractivity contribution in [3.8, 4) is 34.2 Å². The van der Waals surface area contributed by atoms with Crippen molar-refractivity contribution in [2.45, 2.75) is 51.0 Å². The summed E-state index contributed by atoms with van der Waals surface area (Å²) in [6.07, 6.45) is 14.7. The number of ketones is 1. The van der Waals surface area contributed by atoms with Crippen molar-refractivity contribution in [3.05, 3.63) is 169 Å². The molecule has 0 radical (unpaired) electrons. The summed E-state index contributed by atoms with van der Waals surface area (Å²) >= 11 is 0. The molecule has 8 aromatic rings. The summed E-state index contributed by atoms with van der Waals surface area (Å²) < 4.78 is 12.6. The number of para-hydroxylation sites is 2. The van der Waals surface area contributed by atoms with Crippen molar-refractivity contribution in [1.29, 1.82) is 0 Å². The molecular weight excluding hydrogens is 805 g/mol. The van der Waals surface area contributed by atoms with Crippen molar-refractivity contribution >= 4 is 17.2 Å². The van der Waals surface area contributed by atoms with E-state index in [1.165, 1.54) is 0 Å². The first-order chi connectivity index (χ1) is 31.5. The second-order valence-electron chi connectivity index (χ2n) is 16.2. The zero-order valence-electron chi connectivity index (χ0n) is 35.5. The van der Waals surface area contributed by atoms with Gasteiger partial charge in [0.2, 0.25) is 0 Å². The third kappa shape index (κ3) is 8.38. The van der Waals surface area contributed by atoms with Crippen molar-refractivity contribution in [2.75, 3.05) is 36.1 Å². The predicted molar refractivity (Wildman–Crippen MR) is 242 cm³/mol. The van der Waals surface area contributed by atoms with E-state index in [-0.39, 0.29) is 30.1 Å². The summed E-state index contributed by atoms with van der Waals surface area (Å²) in [4.78, 5) is 41.2. The minimum absolute atomic E-state index is 0.0646. The first kappa shape index (κ1) is 40.6. The average molecular weight is 851 g/mol. The van der Waals surface area contributed by atoms with Gasteiger partial charge in [-0.05, 0) is 86.3 Å². The number of carbonyl (C=O) groups excluding carboxylic acids is 1. The molecule has 320 valence electrons. The van der Waals surface area contributed by atoms with E-state index in [1.807, 2.05) is 72.8 Å². The Morgan fingerprint density at radius 3 is 1.36 bits per heavy atom. The molecule has 2 aliphatic rings. The fourth-order valence-electron chi connectivity index (χ4n) is 8.85. The maximum Gasteiger partial charge on any atom is 0.197 e. The van der Waals surface area contributed by atoms with Gasteiger partial charge in [-0.2, -0.15) is 20.4 Å². The molecule has 0 unspecified atom stereocenters. The molecule has 0 saturated carbocycles. The molecule has 15 nitrogen and oxygen atoms in total. The van der Waals surface area contributed by atoms with E-state index in [4.69, 9.17) is 9.47 Å². The Bertz CT molecular complexity index is 2650. The number of aromatic nitrogens is 10. The van der Waals surface area contributed by atoms with Crippen LogP contribution in [0.4, 0.5) is 11.4 Å². The third-order valence-corrected chi connectivity index (χ3v) is 11.8. The highest BCUT2D eigenvalue weighted by Gasteiger charge is 2.35. The van der Waals surface area contributed by atoms with Crippen LogP contribution in [0.25, 0.3) is 34.2 Å². The Hall–Kier alpha value is -7.49. The third-order valence-electron chi connectivity index (χ3n) is 11.8. The zero-order valence-corrected chi connectivity index (χ0v) is 35.5. The van der Waals surface area contributed by atoms with Crippen molar-refractivity contribution in [2.24, 2.45) is 0 Å². The Morgan fingerprint density at radius 2 is 0.938 bits per heavy atom. The van der Waals surface area contributed by atoms with Gasteiger partial charge in [0.1, 0.15) is 11.4 Å². The summed E-state index contributed by atoms with van der Waals surface area (Å²) in [6, 6.07) is 31.8. The van der Waals surface area contributed by atoms with Gasteiger partial charge in [-0.1, -0.05) is 48.5 Å². The first-order valence-electron chi connectivity index (χ1n) is 21.5. The molecule has 2 fully saturated rings. The molecule has 0 bridgehead atoms. The molecule has 2 aliphatic heterocycles. The lowest BCUT2D eigenvalue weighted by Gasteiger charge is -2.41. The van der Waals surface area contributed by atoms with Gasteiger partial charge in [-0.25, -0.2) is 19.9 Å². The maximum atomic E-state index is 15.5. The number of hydrogen-bond acceptors (Lipinski definition) is 13. The Kier molecular flexibility index (Phi) is 11.5. The number of nitrogens with zero attached hydrogens (tertiary/aromatic N) is 12. The molecule has 0 aliphatic carbocycles. The lowest BCUT2D eigenvalue weighted by atomic mass is 9.95. The lowest BCUT2D eigenvalue weighted by Crippen LogP contribution is -2.50. The number of rotatable bonds is 12. The first-order valence-corrected chi connectivity index (χ1v) is 21.5. The van der Waals surface area contributed by atoms with Crippen LogP contribution in [0.15, 0.2) is 147 Å². The minimum atomic E-state index is -0.217. The van der Waals surface area contributed by atoms with Crippen LogP contribution < -0.4 is 9.80 Å². The molecule has 4 atom stereocenters. The summed E-state index contributed by atoms with van der Waals surface area (Å²) in [5, 5.41) is 18.5. The minimum Gasteiger partial charge on any atom is -0.375 e. The maximum absolute atomic E-state index is 15.5. The molecule has 0 amide bonds. The number of morpholine rings is 2. The van der Waals surface area contributed by atoms with Crippen LogP contribution in [0, 0.1) is 0 Å². The molecule has 6 heterocycles. The van der Waals surface area contributed by atoms with Crippen LogP contribution in [0.5, 0.6) is 0 Å². The molecule has 4 aromatic carbocycles. The van der Waals surface area contributed by atoms with E-state index >= 15 is 4.79 Å². The molecular formula is C49H46N12O3. The monoisotopic (exact) mass is 850 g/mol. The van der Waals surface area contributed by atoms with E-state index in [2.05, 4.69) is 88.2 Å². The number of benzene rings is 4. The highest BCUT2D eigenvalue weighted by molar-refractivity contribution is 6.15. The van der Waals surface area contributed by atoms with Crippen LogP contribution in [0.3, 0.4) is 0 Å². The smallest absolute Gasteiger partial charge is 0.197 e. The van der Waals surface area contributed by atoms with E-state index in [9.17, 15) is 0 Å². The Labute approximate surface area is 370 Å². The summed E-state index contributed by atoms with van der Waals surface area (Å²) in [7, 11) is 0. The highest BCUT2D eigenvalue weighted by Crippen LogP contribution is 2.37. The Balaban J connectivity index is 1.03. The molecule has 0 spiro atoms. The Morgan fingerprint density at radius 1 is 0.531 bits per heavy atom. The standard InChI is InChI=1S/C49H46N12O3/c1-33-29-58(39(31-63-33)27-35-9-3-11-37(25-35)48-50-17-7-18-51-48)43-15-5-13-41(45(43)60-54-21-22-55-60)47(62)42-14-6-16-44(46(42)61-56-23-24-57-61)59-30-34(2)64-32-40(59)28-36-10-4-12-38(26-36)49-52-19-8-20-53-49/h3-26,33-34,39-40H,27-32H2,1-2H3/t33-,34-,39-,40-/m1/s1. The average Bonchev–Trinajstić information content (AvgIpc) is 4.09. The number of ether oxygens (including phenoxy) is 2. The summed E-state index contributed by atoms with van der Waals surface area (Å²) in [6.45, 7) is 6.29. The van der Waals surface area contributed by atoms with Crippen molar-refractivity contribution in [1.82, 2.24) is 49.9 Å². The zero-order chi connectivity index (χ0) is 43.4. The van der Waals surface area contributed by atoms with E-state index < -0.39 is 0 Å². The fraction of sp³-hybridized carbons (Fsp3) is 0.245. The van der Waals surface area contributed by atoms with Gasteiger partial charge >= 0.3 is 0 Å². The van der Waals surface area contributed by atoms with Crippen molar-refractivity contribution < 1.29 is 14.3 Å². The van der Waals surface area contributed by atoms with E-state index in [0.717, 1.165) is 33.6 Å². The number of hydrogen-bond donors (Lipinski definition) is 0. The lowest BCUT2D eigenvalue weighted by molar-refractivity contribution is 0.0306. The summed E-state index contributed by atoms with van der Waals surface area (Å²) in [5.74, 6) is 1.12. The second-order valence-corrected chi connectivity index (χ2v) is 16.2. The van der Waals surface area contributed by atoms with Gasteiger partial charge in [0.25, 0.3) is 0 Å². The van der Waals surface area contributed by atoms with Gasteiger partial charge in [-0.3, -0.25) is 4.79 Å². The fourth-order valence-corrected chi connectivity index (χ4v) is 8.85. The van der Waals surface area contributed by atoms with Gasteiger partial charge in [0, 0.05) is 49.0 Å². The SMILES string of the molecule is C[C@@H]1CN(c2cccc(C(=O)c3cccc(N4C[C@@H](C)OC[C@H]4Cc4cccc(-c5ncccn5)c4)c3-n3nccn3)c2-n2nccn2)[C@H](Cc2cccc(-c3ncccn3)c2)CO1. The highest BCUT2D eigenvalue weighted by atomic mass is 16.5. The molecule has 2 saturated heterocycles. The second kappa shape index (κ2) is 18.1. The van der Waals surface area contributed by atoms with Gasteiger partial charge in [0.15, 0.2) is 17.4 Å². The predicted octanol–water partition coefficient (Wildman–Crippen LogP) is 6.67. The van der Waals surface area contributed by atoms with Crippen LogP contribution in [0.1, 0.15) is 40.9 Å². The largest absolute Gasteiger partial charge is 0.375 e. The number of carbonyl (C=O) groups is 1. The van der Waals surface area contributed by atoms with Crippen LogP contribution >= 0.6 is 0 Å². The van der Waals surface area contributed by atoms with E-state index in [0.29, 0.717) is 73.3 Å². The number of anilines is 2. The normalized spacial score (nSPS) is 18.8. The summed E-state index contributed by atoms with van der Waals surface area (Å²) in [5.41, 5.74) is 7.80. The van der Waals surface area contributed by atoms with Crippen LogP contribution in [-0.4, -0.2) is 106 Å². The quantitative estimate of drug-likeness (QED) is 0.120. The molecule has 15 heteroatoms. The molecule has 0 N–H and O–H groups in total. The van der Waals surface area contributed by atoms with Crippen LogP contribution in [0.2, 0.25) is 0 Å². The molecule has 4 aromatic heterocycles. The van der Waals surface area contributed by atoms with Crippen molar-refractivity contribution in [3.63, 3.8) is 0 Å². The topological polar surface area (TPSA) is 155 Å². The van der Waals surface area contributed by atoms with Gasteiger partial charge < -0.3 is 19.3 Å². The van der Waals surface area contributed by atoms with Crippen LogP contribution in [-0.2, 0) is 22.3 Å².